The largest absolute Gasteiger partial charge is 0.384 e. The Balaban J connectivity index is 2.77. The lowest BCUT2D eigenvalue weighted by atomic mass is 10.1. The molecule has 0 fully saturated rings. The molecule has 0 aromatic heterocycles. The molecule has 94 valence electrons. The first kappa shape index (κ1) is 14.0. The summed E-state index contributed by atoms with van der Waals surface area (Å²) in [7, 11) is 1.95. The first-order valence-electron chi connectivity index (χ1n) is 5.35. The molecule has 0 unspecified atom stereocenters. The van der Waals surface area contributed by atoms with E-state index in [2.05, 4.69) is 4.90 Å². The molecule has 3 N–H and O–H groups in total. The van der Waals surface area contributed by atoms with Crippen LogP contribution in [0.15, 0.2) is 18.2 Å². The summed E-state index contributed by atoms with van der Waals surface area (Å²) >= 11 is 1.76. The van der Waals surface area contributed by atoms with Crippen LogP contribution in [0, 0.1) is 11.2 Å². The quantitative estimate of drug-likeness (QED) is 0.603. The predicted octanol–water partition coefficient (Wildman–Crippen LogP) is 1.90. The maximum atomic E-state index is 14.0. The van der Waals surface area contributed by atoms with Crippen LogP contribution < -0.4 is 5.73 Å². The molecule has 0 bridgehead atoms. The maximum absolute atomic E-state index is 14.0. The fourth-order valence-corrected chi connectivity index (χ4v) is 2.02. The number of benzene rings is 1. The number of halogens is 1. The molecule has 3 nitrogen and oxygen atoms in total. The smallest absolute Gasteiger partial charge is 0.138 e. The normalized spacial score (nSPS) is 10.8. The van der Waals surface area contributed by atoms with E-state index in [1.165, 1.54) is 6.07 Å². The van der Waals surface area contributed by atoms with Crippen molar-refractivity contribution in [3.05, 3.63) is 35.1 Å². The fourth-order valence-electron chi connectivity index (χ4n) is 1.53. The lowest BCUT2D eigenvalue weighted by Crippen LogP contribution is -2.22. The number of nitrogens with one attached hydrogen (secondary N) is 1. The van der Waals surface area contributed by atoms with Gasteiger partial charge in [-0.15, -0.1) is 0 Å². The number of nitrogens with zero attached hydrogens (tertiary/aromatic N) is 1. The molecule has 0 saturated heterocycles. The number of nitrogen functional groups attached to an aromatic ring is 1. The molecule has 0 aliphatic rings. The van der Waals surface area contributed by atoms with Gasteiger partial charge in [0.1, 0.15) is 11.7 Å². The van der Waals surface area contributed by atoms with Crippen molar-refractivity contribution in [2.45, 2.75) is 6.54 Å². The predicted molar refractivity (Wildman–Crippen MR) is 72.1 cm³/mol. The van der Waals surface area contributed by atoms with Gasteiger partial charge < -0.3 is 10.6 Å². The van der Waals surface area contributed by atoms with E-state index in [1.807, 2.05) is 13.3 Å². The number of thioether (sulfide) groups is 1. The summed E-state index contributed by atoms with van der Waals surface area (Å²) in [4.78, 5) is 2.05. The Morgan fingerprint density at radius 1 is 1.53 bits per heavy atom. The number of hydrogen-bond donors (Lipinski definition) is 2. The summed E-state index contributed by atoms with van der Waals surface area (Å²) in [5.41, 5.74) is 6.09. The van der Waals surface area contributed by atoms with Crippen LogP contribution in [-0.4, -0.2) is 36.3 Å². The van der Waals surface area contributed by atoms with Gasteiger partial charge in [0, 0.05) is 24.4 Å². The lowest BCUT2D eigenvalue weighted by molar-refractivity contribution is 0.342. The molecule has 0 aliphatic carbocycles. The number of rotatable bonds is 6. The molecule has 1 aromatic carbocycles. The monoisotopic (exact) mass is 255 g/mol. The van der Waals surface area contributed by atoms with Crippen LogP contribution in [-0.2, 0) is 6.54 Å². The van der Waals surface area contributed by atoms with Gasteiger partial charge in [0.15, 0.2) is 0 Å². The molecule has 0 amide bonds. The SMILES string of the molecule is CSCCN(C)Cc1cccc(C(=N)N)c1F. The summed E-state index contributed by atoms with van der Waals surface area (Å²) in [6.45, 7) is 1.44. The Morgan fingerprint density at radius 2 is 2.24 bits per heavy atom. The zero-order chi connectivity index (χ0) is 12.8. The highest BCUT2D eigenvalue weighted by molar-refractivity contribution is 7.98. The fraction of sp³-hybridized carbons (Fsp3) is 0.417. The van der Waals surface area contributed by atoms with Gasteiger partial charge in [-0.05, 0) is 19.4 Å². The third kappa shape index (κ3) is 4.02. The average molecular weight is 255 g/mol. The highest BCUT2D eigenvalue weighted by Gasteiger charge is 2.11. The molecule has 5 heteroatoms. The molecular weight excluding hydrogens is 237 g/mol. The van der Waals surface area contributed by atoms with E-state index >= 15 is 0 Å². The highest BCUT2D eigenvalue weighted by atomic mass is 32.2. The topological polar surface area (TPSA) is 53.1 Å². The summed E-state index contributed by atoms with van der Waals surface area (Å²) in [6.07, 6.45) is 2.05. The standard InChI is InChI=1S/C12H18FN3S/c1-16(6-7-17-2)8-9-4-3-5-10(11(9)13)12(14)15/h3-5H,6-8H2,1-2H3,(H3,14,15). The van der Waals surface area contributed by atoms with E-state index in [0.717, 1.165) is 12.3 Å². The Kier molecular flexibility index (Phi) is 5.44. The van der Waals surface area contributed by atoms with Gasteiger partial charge in [-0.2, -0.15) is 11.8 Å². The van der Waals surface area contributed by atoms with Gasteiger partial charge in [-0.25, -0.2) is 4.39 Å². The summed E-state index contributed by atoms with van der Waals surface area (Å²) in [6, 6.07) is 5.00. The molecule has 0 atom stereocenters. The molecule has 0 radical (unpaired) electrons. The highest BCUT2D eigenvalue weighted by Crippen LogP contribution is 2.14. The molecule has 1 aromatic rings. The van der Waals surface area contributed by atoms with Gasteiger partial charge in [0.2, 0.25) is 0 Å². The second kappa shape index (κ2) is 6.61. The van der Waals surface area contributed by atoms with Gasteiger partial charge in [0.05, 0.1) is 5.56 Å². The average Bonchev–Trinajstić information content (AvgIpc) is 2.28. The van der Waals surface area contributed by atoms with Crippen LogP contribution in [0.3, 0.4) is 0 Å². The second-order valence-corrected chi connectivity index (χ2v) is 4.91. The molecule has 0 heterocycles. The van der Waals surface area contributed by atoms with E-state index in [0.29, 0.717) is 12.1 Å². The van der Waals surface area contributed by atoms with E-state index in [9.17, 15) is 4.39 Å². The molecule has 0 aliphatic heterocycles. The van der Waals surface area contributed by atoms with Gasteiger partial charge in [0.25, 0.3) is 0 Å². The third-order valence-electron chi connectivity index (χ3n) is 2.49. The zero-order valence-corrected chi connectivity index (χ0v) is 11.0. The molecule has 0 saturated carbocycles. The van der Waals surface area contributed by atoms with Crippen molar-refractivity contribution in [3.63, 3.8) is 0 Å². The van der Waals surface area contributed by atoms with Crippen molar-refractivity contribution in [3.8, 4) is 0 Å². The van der Waals surface area contributed by atoms with Crippen molar-refractivity contribution >= 4 is 17.6 Å². The van der Waals surface area contributed by atoms with Crippen LogP contribution in [0.2, 0.25) is 0 Å². The number of hydrogen-bond acceptors (Lipinski definition) is 3. The summed E-state index contributed by atoms with van der Waals surface area (Å²) in [5.74, 6) is 0.414. The van der Waals surface area contributed by atoms with Crippen molar-refractivity contribution in [2.75, 3.05) is 25.6 Å². The Morgan fingerprint density at radius 3 is 2.82 bits per heavy atom. The Hall–Kier alpha value is -1.07. The van der Waals surface area contributed by atoms with Crippen molar-refractivity contribution in [2.24, 2.45) is 5.73 Å². The van der Waals surface area contributed by atoms with Crippen molar-refractivity contribution in [1.29, 1.82) is 5.41 Å². The van der Waals surface area contributed by atoms with Crippen LogP contribution >= 0.6 is 11.8 Å². The van der Waals surface area contributed by atoms with E-state index < -0.39 is 0 Å². The van der Waals surface area contributed by atoms with Crippen molar-refractivity contribution < 1.29 is 4.39 Å². The van der Waals surface area contributed by atoms with Crippen LogP contribution in [0.25, 0.3) is 0 Å². The van der Waals surface area contributed by atoms with Crippen LogP contribution in [0.1, 0.15) is 11.1 Å². The second-order valence-electron chi connectivity index (χ2n) is 3.92. The van der Waals surface area contributed by atoms with Gasteiger partial charge in [-0.1, -0.05) is 12.1 Å². The van der Waals surface area contributed by atoms with Crippen LogP contribution in [0.5, 0.6) is 0 Å². The Bertz CT molecular complexity index is 395. The minimum atomic E-state index is -0.379. The molecule has 1 rings (SSSR count). The number of nitrogens with two attached hydrogens (primary N) is 1. The third-order valence-corrected chi connectivity index (χ3v) is 3.08. The zero-order valence-electron chi connectivity index (χ0n) is 10.2. The lowest BCUT2D eigenvalue weighted by Gasteiger charge is -2.17. The maximum Gasteiger partial charge on any atom is 0.138 e. The Labute approximate surface area is 106 Å². The molecule has 17 heavy (non-hydrogen) atoms. The van der Waals surface area contributed by atoms with Crippen LogP contribution in [0.4, 0.5) is 4.39 Å². The summed E-state index contributed by atoms with van der Waals surface area (Å²) in [5, 5.41) is 7.29. The summed E-state index contributed by atoms with van der Waals surface area (Å²) < 4.78 is 14.0. The van der Waals surface area contributed by atoms with Gasteiger partial charge >= 0.3 is 0 Å². The minimum absolute atomic E-state index is 0.181. The van der Waals surface area contributed by atoms with Gasteiger partial charge in [-0.3, -0.25) is 5.41 Å². The van der Waals surface area contributed by atoms with E-state index in [4.69, 9.17) is 11.1 Å². The first-order valence-corrected chi connectivity index (χ1v) is 6.75. The molecule has 0 spiro atoms. The minimum Gasteiger partial charge on any atom is -0.384 e. The van der Waals surface area contributed by atoms with Crippen molar-refractivity contribution in [1.82, 2.24) is 4.90 Å². The number of amidine groups is 1. The van der Waals surface area contributed by atoms with E-state index in [-0.39, 0.29) is 17.2 Å². The van der Waals surface area contributed by atoms with E-state index in [1.54, 1.807) is 23.9 Å². The first-order chi connectivity index (χ1) is 8.06. The molecular formula is C12H18FN3S.